The van der Waals surface area contributed by atoms with Gasteiger partial charge in [0.1, 0.15) is 0 Å². The van der Waals surface area contributed by atoms with Crippen molar-refractivity contribution in [2.24, 2.45) is 0 Å². The minimum absolute atomic E-state index is 0.154. The maximum atomic E-state index is 3.69. The summed E-state index contributed by atoms with van der Waals surface area (Å²) >= 11 is 0. The second-order valence-corrected chi connectivity index (χ2v) is 6.69. The van der Waals surface area contributed by atoms with Crippen molar-refractivity contribution in [2.45, 2.75) is 33.7 Å². The Balaban J connectivity index is 1.85. The molecule has 1 unspecified atom stereocenters. The minimum Gasteiger partial charge on any atom is -0.374 e. The number of aryl methyl sites for hydroxylation is 4. The van der Waals surface area contributed by atoms with Gasteiger partial charge in [-0.2, -0.15) is 0 Å². The first-order valence-electron chi connectivity index (χ1n) is 8.76. The van der Waals surface area contributed by atoms with Crippen LogP contribution in [0.2, 0.25) is 0 Å². The van der Waals surface area contributed by atoms with Crippen LogP contribution in [0.15, 0.2) is 72.5 Å². The Labute approximate surface area is 151 Å². The van der Waals surface area contributed by atoms with E-state index in [4.69, 9.17) is 0 Å². The fraction of sp³-hybridized carbons (Fsp3) is 0.217. The van der Waals surface area contributed by atoms with Crippen molar-refractivity contribution in [1.82, 2.24) is 0 Å². The number of nitrogens with one attached hydrogen (secondary N) is 2. The van der Waals surface area contributed by atoms with Gasteiger partial charge in [0.15, 0.2) is 0 Å². The third-order valence-corrected chi connectivity index (χ3v) is 4.71. The standard InChI is InChI=1S/C23H26N2/c1-16-9-7-10-17(2)22(16)24-15-20-13-5-6-14-21(20)25-23-18(3)11-8-12-19(23)4/h5-15,21,24-25H,1-4H3. The molecule has 2 aromatic rings. The number of hydrogen-bond donors (Lipinski definition) is 2. The van der Waals surface area contributed by atoms with E-state index in [1.54, 1.807) is 0 Å². The highest BCUT2D eigenvalue weighted by Gasteiger charge is 2.14. The summed E-state index contributed by atoms with van der Waals surface area (Å²) in [5, 5.41) is 7.20. The summed E-state index contributed by atoms with van der Waals surface area (Å²) in [7, 11) is 0. The van der Waals surface area contributed by atoms with Crippen LogP contribution in [0.5, 0.6) is 0 Å². The predicted octanol–water partition coefficient (Wildman–Crippen LogP) is 5.82. The average molecular weight is 330 g/mol. The van der Waals surface area contributed by atoms with Crippen molar-refractivity contribution in [2.75, 3.05) is 10.6 Å². The zero-order chi connectivity index (χ0) is 17.8. The summed E-state index contributed by atoms with van der Waals surface area (Å²) < 4.78 is 0. The number of benzene rings is 2. The number of anilines is 2. The Morgan fingerprint density at radius 2 is 1.32 bits per heavy atom. The normalized spacial score (nSPS) is 17.8. The van der Waals surface area contributed by atoms with E-state index >= 15 is 0 Å². The van der Waals surface area contributed by atoms with E-state index in [0.717, 1.165) is 0 Å². The van der Waals surface area contributed by atoms with E-state index < -0.39 is 0 Å². The molecular formula is C23H26N2. The largest absolute Gasteiger partial charge is 0.374 e. The monoisotopic (exact) mass is 330 g/mol. The summed E-state index contributed by atoms with van der Waals surface area (Å²) in [6.07, 6.45) is 10.7. The highest BCUT2D eigenvalue weighted by molar-refractivity contribution is 5.62. The minimum atomic E-state index is 0.154. The zero-order valence-corrected chi connectivity index (χ0v) is 15.4. The van der Waals surface area contributed by atoms with Crippen molar-refractivity contribution in [1.29, 1.82) is 0 Å². The molecule has 0 radical (unpaired) electrons. The van der Waals surface area contributed by atoms with E-state index in [0.29, 0.717) is 0 Å². The third-order valence-electron chi connectivity index (χ3n) is 4.71. The molecule has 0 amide bonds. The molecule has 0 aliphatic heterocycles. The Bertz CT molecular complexity index is 816. The van der Waals surface area contributed by atoms with Crippen molar-refractivity contribution in [3.8, 4) is 0 Å². The van der Waals surface area contributed by atoms with Gasteiger partial charge in [-0.1, -0.05) is 60.7 Å². The quantitative estimate of drug-likeness (QED) is 0.738. The van der Waals surface area contributed by atoms with E-state index in [9.17, 15) is 0 Å². The Hall–Kier alpha value is -2.74. The van der Waals surface area contributed by atoms with Gasteiger partial charge >= 0.3 is 0 Å². The summed E-state index contributed by atoms with van der Waals surface area (Å²) in [6, 6.07) is 12.9. The van der Waals surface area contributed by atoms with E-state index in [-0.39, 0.29) is 6.04 Å². The molecule has 0 bridgehead atoms. The Morgan fingerprint density at radius 1 is 0.760 bits per heavy atom. The molecule has 1 aliphatic carbocycles. The second kappa shape index (κ2) is 7.43. The Kier molecular flexibility index (Phi) is 5.08. The third kappa shape index (κ3) is 3.85. The fourth-order valence-electron chi connectivity index (χ4n) is 3.22. The first kappa shape index (κ1) is 17.1. The molecule has 3 rings (SSSR count). The van der Waals surface area contributed by atoms with Crippen molar-refractivity contribution in [3.05, 3.63) is 94.7 Å². The summed E-state index contributed by atoms with van der Waals surface area (Å²) in [6.45, 7) is 8.57. The molecule has 0 heterocycles. The SMILES string of the molecule is Cc1cccc(C)c1NC=C1C=CC=CC1Nc1c(C)cccc1C. The number of rotatable bonds is 4. The van der Waals surface area contributed by atoms with Crippen LogP contribution in [0.3, 0.4) is 0 Å². The smallest absolute Gasteiger partial charge is 0.0715 e. The van der Waals surface area contributed by atoms with Crippen LogP contribution in [0.1, 0.15) is 22.3 Å². The number of hydrogen-bond acceptors (Lipinski definition) is 2. The zero-order valence-electron chi connectivity index (χ0n) is 15.4. The lowest BCUT2D eigenvalue weighted by molar-refractivity contribution is 1.03. The first-order chi connectivity index (χ1) is 12.1. The van der Waals surface area contributed by atoms with Gasteiger partial charge in [0.2, 0.25) is 0 Å². The van der Waals surface area contributed by atoms with Crippen LogP contribution >= 0.6 is 0 Å². The molecule has 2 nitrogen and oxygen atoms in total. The van der Waals surface area contributed by atoms with Crippen LogP contribution in [0, 0.1) is 27.7 Å². The van der Waals surface area contributed by atoms with Crippen LogP contribution < -0.4 is 10.6 Å². The van der Waals surface area contributed by atoms with Gasteiger partial charge in [0, 0.05) is 17.6 Å². The highest BCUT2D eigenvalue weighted by Crippen LogP contribution is 2.25. The second-order valence-electron chi connectivity index (χ2n) is 6.69. The molecule has 2 N–H and O–H groups in total. The van der Waals surface area contributed by atoms with Gasteiger partial charge in [0.25, 0.3) is 0 Å². The molecule has 0 fully saturated rings. The molecule has 1 aliphatic rings. The maximum absolute atomic E-state index is 3.69. The lowest BCUT2D eigenvalue weighted by Gasteiger charge is -2.23. The van der Waals surface area contributed by atoms with Crippen LogP contribution in [0.4, 0.5) is 11.4 Å². The molecule has 2 heteroatoms. The van der Waals surface area contributed by atoms with E-state index in [1.807, 2.05) is 0 Å². The molecule has 0 saturated heterocycles. The summed E-state index contributed by atoms with van der Waals surface area (Å²) in [4.78, 5) is 0. The molecule has 0 spiro atoms. The fourth-order valence-corrected chi connectivity index (χ4v) is 3.22. The molecule has 25 heavy (non-hydrogen) atoms. The first-order valence-corrected chi connectivity index (χ1v) is 8.76. The van der Waals surface area contributed by atoms with E-state index in [2.05, 4.69) is 105 Å². The molecule has 0 aromatic heterocycles. The van der Waals surface area contributed by atoms with Gasteiger partial charge < -0.3 is 10.6 Å². The average Bonchev–Trinajstić information content (AvgIpc) is 2.59. The van der Waals surface area contributed by atoms with Gasteiger partial charge in [0.05, 0.1) is 6.04 Å². The molecule has 2 aromatic carbocycles. The van der Waals surface area contributed by atoms with Crippen LogP contribution in [-0.2, 0) is 0 Å². The topological polar surface area (TPSA) is 24.1 Å². The molecule has 128 valence electrons. The lowest BCUT2D eigenvalue weighted by Crippen LogP contribution is -2.22. The number of allylic oxidation sites excluding steroid dienone is 2. The van der Waals surface area contributed by atoms with Crippen LogP contribution in [0.25, 0.3) is 0 Å². The van der Waals surface area contributed by atoms with Gasteiger partial charge in [-0.05, 0) is 55.5 Å². The molecule has 1 atom stereocenters. The molecular weight excluding hydrogens is 304 g/mol. The number of para-hydroxylation sites is 2. The highest BCUT2D eigenvalue weighted by atomic mass is 14.9. The summed E-state index contributed by atoms with van der Waals surface area (Å²) in [5.41, 5.74) is 8.66. The van der Waals surface area contributed by atoms with Crippen LogP contribution in [-0.4, -0.2) is 6.04 Å². The van der Waals surface area contributed by atoms with E-state index in [1.165, 1.54) is 39.2 Å². The van der Waals surface area contributed by atoms with Crippen molar-refractivity contribution >= 4 is 11.4 Å². The van der Waals surface area contributed by atoms with Gasteiger partial charge in [-0.15, -0.1) is 0 Å². The molecule has 0 saturated carbocycles. The van der Waals surface area contributed by atoms with Gasteiger partial charge in [-0.25, -0.2) is 0 Å². The summed E-state index contributed by atoms with van der Waals surface area (Å²) in [5.74, 6) is 0. The lowest BCUT2D eigenvalue weighted by atomic mass is 10.0. The predicted molar refractivity (Wildman–Crippen MR) is 109 cm³/mol. The van der Waals surface area contributed by atoms with Gasteiger partial charge in [-0.3, -0.25) is 0 Å². The Morgan fingerprint density at radius 3 is 1.92 bits per heavy atom. The van der Waals surface area contributed by atoms with Crippen molar-refractivity contribution in [3.63, 3.8) is 0 Å². The van der Waals surface area contributed by atoms with Crippen molar-refractivity contribution < 1.29 is 0 Å². The maximum Gasteiger partial charge on any atom is 0.0715 e.